The average Bonchev–Trinajstić information content (AvgIpc) is 2.78. The van der Waals surface area contributed by atoms with Gasteiger partial charge in [0.15, 0.2) is 6.10 Å². The fourth-order valence-corrected chi connectivity index (χ4v) is 3.64. The van der Waals surface area contributed by atoms with Crippen molar-refractivity contribution in [1.29, 1.82) is 0 Å². The zero-order valence-electron chi connectivity index (χ0n) is 17.9. The molecule has 0 radical (unpaired) electrons. The van der Waals surface area contributed by atoms with Crippen molar-refractivity contribution in [3.8, 4) is 5.75 Å². The number of hydrogen-bond donors (Lipinski definition) is 2. The van der Waals surface area contributed by atoms with Gasteiger partial charge in [-0.05, 0) is 49.7 Å². The first-order valence-electron chi connectivity index (χ1n) is 10.5. The minimum absolute atomic E-state index is 0.228. The summed E-state index contributed by atoms with van der Waals surface area (Å²) in [5.74, 6) is -0.0686. The summed E-state index contributed by atoms with van der Waals surface area (Å²) in [6, 6.07) is 15.5. The van der Waals surface area contributed by atoms with Crippen molar-refractivity contribution in [3.63, 3.8) is 0 Å². The third-order valence-corrected chi connectivity index (χ3v) is 5.52. The molecule has 1 aliphatic heterocycles. The van der Waals surface area contributed by atoms with Crippen molar-refractivity contribution in [2.45, 2.75) is 26.4 Å². The van der Waals surface area contributed by atoms with Crippen LogP contribution in [0.15, 0.2) is 48.5 Å². The van der Waals surface area contributed by atoms with Crippen molar-refractivity contribution in [2.75, 3.05) is 37.6 Å². The van der Waals surface area contributed by atoms with Crippen LogP contribution in [-0.2, 0) is 9.59 Å². The lowest BCUT2D eigenvalue weighted by Gasteiger charge is -2.36. The van der Waals surface area contributed by atoms with Gasteiger partial charge in [-0.1, -0.05) is 29.8 Å². The molecule has 166 valence electrons. The molecule has 0 aliphatic carbocycles. The number of benzene rings is 2. The highest BCUT2D eigenvalue weighted by molar-refractivity contribution is 6.30. The van der Waals surface area contributed by atoms with E-state index in [-0.39, 0.29) is 5.91 Å². The predicted octanol–water partition coefficient (Wildman–Crippen LogP) is 2.78. The number of nitrogens with zero attached hydrogens (tertiary/aromatic N) is 2. The van der Waals surface area contributed by atoms with E-state index in [1.807, 2.05) is 25.1 Å². The van der Waals surface area contributed by atoms with Gasteiger partial charge in [0.05, 0.1) is 0 Å². The topological polar surface area (TPSA) is 73.9 Å². The molecule has 3 rings (SSSR count). The molecule has 2 aromatic rings. The standard InChI is InChI=1S/C23H29ClN4O3/c1-17-16-19(24)8-9-21(17)31-18(2)23(30)26-25-22(29)10-11-27-12-14-28(15-13-27)20-6-4-3-5-7-20/h3-9,16,18H,10-15H2,1-2H3,(H,25,29)(H,26,30). The van der Waals surface area contributed by atoms with Crippen molar-refractivity contribution >= 4 is 29.1 Å². The maximum absolute atomic E-state index is 12.2. The molecule has 1 aliphatic rings. The van der Waals surface area contributed by atoms with Crippen LogP contribution in [0.3, 0.4) is 0 Å². The van der Waals surface area contributed by atoms with Crippen LogP contribution in [0.1, 0.15) is 18.9 Å². The SMILES string of the molecule is Cc1cc(Cl)ccc1OC(C)C(=O)NNC(=O)CCN1CCN(c2ccccc2)CC1. The maximum atomic E-state index is 12.2. The van der Waals surface area contributed by atoms with E-state index in [0.29, 0.717) is 23.7 Å². The van der Waals surface area contributed by atoms with Gasteiger partial charge >= 0.3 is 0 Å². The third kappa shape index (κ3) is 6.87. The second kappa shape index (κ2) is 11.0. The number of para-hydroxylation sites is 1. The van der Waals surface area contributed by atoms with Crippen LogP contribution in [0.25, 0.3) is 0 Å². The molecule has 8 heteroatoms. The highest BCUT2D eigenvalue weighted by atomic mass is 35.5. The number of rotatable bonds is 7. The molecule has 1 fully saturated rings. The lowest BCUT2D eigenvalue weighted by molar-refractivity contribution is -0.132. The van der Waals surface area contributed by atoms with Gasteiger partial charge in [-0.25, -0.2) is 0 Å². The Morgan fingerprint density at radius 1 is 1.06 bits per heavy atom. The van der Waals surface area contributed by atoms with E-state index in [1.54, 1.807) is 25.1 Å². The second-order valence-electron chi connectivity index (χ2n) is 7.62. The van der Waals surface area contributed by atoms with Crippen LogP contribution in [0.2, 0.25) is 5.02 Å². The molecular formula is C23H29ClN4O3. The predicted molar refractivity (Wildman–Crippen MR) is 122 cm³/mol. The van der Waals surface area contributed by atoms with E-state index < -0.39 is 12.0 Å². The maximum Gasteiger partial charge on any atom is 0.279 e. The zero-order chi connectivity index (χ0) is 22.2. The minimum Gasteiger partial charge on any atom is -0.481 e. The number of hydrazine groups is 1. The summed E-state index contributed by atoms with van der Waals surface area (Å²) in [7, 11) is 0. The van der Waals surface area contributed by atoms with E-state index in [2.05, 4.69) is 32.8 Å². The quantitative estimate of drug-likeness (QED) is 0.642. The van der Waals surface area contributed by atoms with Crippen molar-refractivity contribution in [3.05, 3.63) is 59.1 Å². The molecular weight excluding hydrogens is 416 g/mol. The smallest absolute Gasteiger partial charge is 0.279 e. The van der Waals surface area contributed by atoms with Crippen molar-refractivity contribution < 1.29 is 14.3 Å². The van der Waals surface area contributed by atoms with Gasteiger partial charge in [0.2, 0.25) is 5.91 Å². The zero-order valence-corrected chi connectivity index (χ0v) is 18.7. The number of amides is 2. The van der Waals surface area contributed by atoms with Gasteiger partial charge in [-0.2, -0.15) is 0 Å². The Balaban J connectivity index is 1.34. The van der Waals surface area contributed by atoms with Crippen LogP contribution in [0, 0.1) is 6.92 Å². The van der Waals surface area contributed by atoms with Crippen LogP contribution < -0.4 is 20.5 Å². The van der Waals surface area contributed by atoms with Crippen LogP contribution in [-0.4, -0.2) is 55.5 Å². The first-order valence-corrected chi connectivity index (χ1v) is 10.8. The third-order valence-electron chi connectivity index (χ3n) is 5.28. The van der Waals surface area contributed by atoms with Crippen LogP contribution in [0.5, 0.6) is 5.75 Å². The molecule has 1 saturated heterocycles. The first kappa shape index (κ1) is 22.9. The normalized spacial score (nSPS) is 15.3. The van der Waals surface area contributed by atoms with E-state index in [0.717, 1.165) is 31.7 Å². The van der Waals surface area contributed by atoms with Crippen molar-refractivity contribution in [2.24, 2.45) is 0 Å². The number of carbonyl (C=O) groups excluding carboxylic acids is 2. The number of piperazine rings is 1. The Kier molecular flexibility index (Phi) is 8.14. The molecule has 0 bridgehead atoms. The lowest BCUT2D eigenvalue weighted by Crippen LogP contribution is -2.49. The summed E-state index contributed by atoms with van der Waals surface area (Å²) < 4.78 is 5.66. The minimum atomic E-state index is -0.758. The molecule has 2 amide bonds. The van der Waals surface area contributed by atoms with Gasteiger partial charge < -0.3 is 9.64 Å². The summed E-state index contributed by atoms with van der Waals surface area (Å²) in [5, 5.41) is 0.607. The summed E-state index contributed by atoms with van der Waals surface area (Å²) in [4.78, 5) is 29.0. The number of carbonyl (C=O) groups is 2. The van der Waals surface area contributed by atoms with Gasteiger partial charge in [-0.15, -0.1) is 0 Å². The number of anilines is 1. The summed E-state index contributed by atoms with van der Waals surface area (Å²) >= 11 is 5.93. The van der Waals surface area contributed by atoms with Crippen LogP contribution >= 0.6 is 11.6 Å². The lowest BCUT2D eigenvalue weighted by atomic mass is 10.2. The number of ether oxygens (including phenoxy) is 1. The Morgan fingerprint density at radius 3 is 2.45 bits per heavy atom. The number of aryl methyl sites for hydroxylation is 1. The highest BCUT2D eigenvalue weighted by Gasteiger charge is 2.19. The monoisotopic (exact) mass is 444 g/mol. The van der Waals surface area contributed by atoms with Crippen LogP contribution in [0.4, 0.5) is 5.69 Å². The molecule has 0 saturated carbocycles. The molecule has 1 atom stereocenters. The molecule has 2 aromatic carbocycles. The number of hydrogen-bond acceptors (Lipinski definition) is 5. The number of halogens is 1. The summed E-state index contributed by atoms with van der Waals surface area (Å²) in [5.41, 5.74) is 6.97. The second-order valence-corrected chi connectivity index (χ2v) is 8.06. The average molecular weight is 445 g/mol. The van der Waals surface area contributed by atoms with E-state index in [4.69, 9.17) is 16.3 Å². The van der Waals surface area contributed by atoms with Gasteiger partial charge in [0, 0.05) is 49.9 Å². The molecule has 1 unspecified atom stereocenters. The highest BCUT2D eigenvalue weighted by Crippen LogP contribution is 2.22. The molecule has 0 spiro atoms. The largest absolute Gasteiger partial charge is 0.481 e. The van der Waals surface area contributed by atoms with E-state index in [9.17, 15) is 9.59 Å². The summed E-state index contributed by atoms with van der Waals surface area (Å²) in [6.07, 6.45) is -0.441. The van der Waals surface area contributed by atoms with E-state index in [1.165, 1.54) is 5.69 Å². The fraction of sp³-hybridized carbons (Fsp3) is 0.391. The Bertz CT molecular complexity index is 886. The molecule has 1 heterocycles. The molecule has 7 nitrogen and oxygen atoms in total. The summed E-state index contributed by atoms with van der Waals surface area (Å²) in [6.45, 7) is 7.80. The first-order chi connectivity index (χ1) is 14.9. The van der Waals surface area contributed by atoms with E-state index >= 15 is 0 Å². The Hall–Kier alpha value is -2.77. The Morgan fingerprint density at radius 2 is 1.77 bits per heavy atom. The van der Waals surface area contributed by atoms with Crippen molar-refractivity contribution in [1.82, 2.24) is 15.8 Å². The Labute approximate surface area is 188 Å². The van der Waals surface area contributed by atoms with Gasteiger partial charge in [0.1, 0.15) is 5.75 Å². The van der Waals surface area contributed by atoms with Gasteiger partial charge in [-0.3, -0.25) is 25.3 Å². The molecule has 2 N–H and O–H groups in total. The molecule has 0 aromatic heterocycles. The molecule has 31 heavy (non-hydrogen) atoms. The number of nitrogens with one attached hydrogen (secondary N) is 2. The van der Waals surface area contributed by atoms with Gasteiger partial charge in [0.25, 0.3) is 5.91 Å². The fourth-order valence-electron chi connectivity index (χ4n) is 3.41.